The van der Waals surface area contributed by atoms with E-state index in [0.717, 1.165) is 52.2 Å². The average molecular weight is 1010 g/mol. The number of nitrogens with two attached hydrogens (primary N) is 1. The first kappa shape index (κ1) is 50.1. The van der Waals surface area contributed by atoms with E-state index < -0.39 is 35.3 Å². The molecule has 2 aliphatic rings. The number of halogens is 2. The van der Waals surface area contributed by atoms with Crippen molar-refractivity contribution in [3.63, 3.8) is 0 Å². The van der Waals surface area contributed by atoms with E-state index in [9.17, 15) is 28.3 Å². The van der Waals surface area contributed by atoms with Crippen molar-refractivity contribution in [2.24, 2.45) is 11.7 Å². The van der Waals surface area contributed by atoms with Gasteiger partial charge in [0.2, 0.25) is 11.6 Å². The third-order valence-corrected chi connectivity index (χ3v) is 13.2. The second-order valence-corrected chi connectivity index (χ2v) is 17.6. The summed E-state index contributed by atoms with van der Waals surface area (Å²) in [6.07, 6.45) is 11.0. The highest BCUT2D eigenvalue weighted by atomic mass is 19.1. The van der Waals surface area contributed by atoms with Crippen LogP contribution in [0.2, 0.25) is 0 Å². The molecule has 3 N–H and O–H groups in total. The molecule has 2 fully saturated rings. The van der Waals surface area contributed by atoms with Gasteiger partial charge in [-0.1, -0.05) is 18.6 Å². The number of carbonyl (C=O) groups is 3. The minimum atomic E-state index is -0.977. The summed E-state index contributed by atoms with van der Waals surface area (Å²) in [4.78, 5) is 45.5. The molecule has 1 saturated carbocycles. The largest absolute Gasteiger partial charge is 0.494 e. The minimum absolute atomic E-state index is 0.0492. The Kier molecular flexibility index (Phi) is 14.8. The maximum absolute atomic E-state index is 14.5. The summed E-state index contributed by atoms with van der Waals surface area (Å²) < 4.78 is 65.4. The first-order valence-corrected chi connectivity index (χ1v) is 23.7. The molecule has 1 aliphatic heterocycles. The first-order valence-electron chi connectivity index (χ1n) is 23.7. The number of amides is 2. The predicted octanol–water partition coefficient (Wildman–Crippen LogP) is 9.56. The summed E-state index contributed by atoms with van der Waals surface area (Å²) in [7, 11) is 5.93. The van der Waals surface area contributed by atoms with Gasteiger partial charge in [0.15, 0.2) is 34.5 Å². The van der Waals surface area contributed by atoms with Crippen LogP contribution in [0.25, 0.3) is 44.3 Å². The van der Waals surface area contributed by atoms with Gasteiger partial charge in [-0.25, -0.2) is 0 Å². The molecule has 8 aromatic rings. The molecule has 20 heteroatoms. The molecule has 382 valence electrons. The van der Waals surface area contributed by atoms with Crippen molar-refractivity contribution in [2.45, 2.75) is 50.6 Å². The van der Waals surface area contributed by atoms with Crippen LogP contribution in [0.1, 0.15) is 50.6 Å². The van der Waals surface area contributed by atoms with Crippen LogP contribution in [0.5, 0.6) is 46.0 Å². The Labute approximate surface area is 423 Å². The zero-order chi connectivity index (χ0) is 52.0. The lowest BCUT2D eigenvalue weighted by molar-refractivity contribution is -0.145. The second kappa shape index (κ2) is 21.9. The maximum atomic E-state index is 14.5. The normalized spacial score (nSPS) is 16.5. The van der Waals surface area contributed by atoms with Gasteiger partial charge in [-0.2, -0.15) is 19.0 Å². The van der Waals surface area contributed by atoms with Gasteiger partial charge in [-0.3, -0.25) is 33.7 Å². The summed E-state index contributed by atoms with van der Waals surface area (Å²) in [5, 5.41) is 21.0. The van der Waals surface area contributed by atoms with E-state index in [2.05, 4.69) is 9.97 Å². The van der Waals surface area contributed by atoms with Gasteiger partial charge in [0.05, 0.1) is 69.6 Å². The fourth-order valence-electron chi connectivity index (χ4n) is 9.54. The van der Waals surface area contributed by atoms with Crippen LogP contribution in [0.4, 0.5) is 8.78 Å². The van der Waals surface area contributed by atoms with Crippen molar-refractivity contribution < 1.29 is 56.7 Å². The number of benzene rings is 4. The van der Waals surface area contributed by atoms with Crippen LogP contribution in [0.15, 0.2) is 110 Å². The van der Waals surface area contributed by atoms with E-state index in [0.29, 0.717) is 66.7 Å². The number of carbonyl (C=O) groups excluding carboxylic acids is 2. The predicted molar refractivity (Wildman–Crippen MR) is 268 cm³/mol. The molecule has 5 heterocycles. The van der Waals surface area contributed by atoms with Gasteiger partial charge in [0, 0.05) is 36.6 Å². The number of aromatic nitrogens is 6. The zero-order valence-corrected chi connectivity index (χ0v) is 40.9. The highest BCUT2D eigenvalue weighted by Gasteiger charge is 2.32. The number of rotatable bonds is 13. The monoisotopic (exact) mass is 1010 g/mol. The summed E-state index contributed by atoms with van der Waals surface area (Å²) in [6.45, 7) is 0.751. The zero-order valence-electron chi connectivity index (χ0n) is 40.9. The third-order valence-electron chi connectivity index (χ3n) is 13.2. The smallest absolute Gasteiger partial charge is 0.311 e. The molecule has 4 aromatic carbocycles. The molecule has 1 aliphatic carbocycles. The Hall–Kier alpha value is -8.81. The van der Waals surface area contributed by atoms with E-state index in [1.807, 2.05) is 33.6 Å². The number of pyridine rings is 2. The Morgan fingerprint density at radius 3 is 1.51 bits per heavy atom. The van der Waals surface area contributed by atoms with Crippen LogP contribution in [0.3, 0.4) is 0 Å². The van der Waals surface area contributed by atoms with Gasteiger partial charge in [-0.15, -0.1) is 0 Å². The number of hydrogen-bond acceptors (Lipinski definition) is 13. The van der Waals surface area contributed by atoms with Crippen LogP contribution < -0.4 is 34.2 Å². The maximum Gasteiger partial charge on any atom is 0.311 e. The summed E-state index contributed by atoms with van der Waals surface area (Å²) in [6, 6.07) is 23.4. The second-order valence-electron chi connectivity index (χ2n) is 17.6. The fraction of sp³-hybridized carbons (Fsp3) is 0.278. The summed E-state index contributed by atoms with van der Waals surface area (Å²) >= 11 is 0. The number of hydrogen-bond donors (Lipinski definition) is 2. The number of ether oxygens (including phenoxy) is 6. The molecule has 4 aromatic heterocycles. The summed E-state index contributed by atoms with van der Waals surface area (Å²) in [5.74, 6) is -1.67. The standard InChI is InChI=1S/C27H26FN5O5.C27H26FN3O5/c1-36-20-6-3-7-21(23(20)28)38-18-10-8-16(9-11-18)24-19-13-30-14-22(37-2)25(19)33(31-24)17-5-4-12-32(15-17)27(35)26(29)34;1-34-21-7-4-8-22(24(21)28)36-19-11-9-16(10-12-19)25-20-14-29-15-23(35-2)26(20)31(30-25)18-6-3-5-17(13-18)27(32)33/h3,6-11,13-14,17H,4-5,12,15H2,1-2H3,(H2,29,34);4,7-12,14-15,17-18H,3,5-6,13H2,1-2H3,(H,32,33). The molecular weight excluding hydrogens is 959 g/mol. The van der Waals surface area contributed by atoms with Crippen molar-refractivity contribution >= 4 is 39.6 Å². The van der Waals surface area contributed by atoms with Gasteiger partial charge in [-0.05, 0) is 105 Å². The number of carboxylic acids is 1. The molecule has 10 rings (SSSR count). The van der Waals surface area contributed by atoms with E-state index in [1.165, 1.54) is 43.4 Å². The van der Waals surface area contributed by atoms with Crippen molar-refractivity contribution in [2.75, 3.05) is 41.5 Å². The number of carboxylic acid groups (broad SMARTS) is 1. The molecule has 2 amide bonds. The highest BCUT2D eigenvalue weighted by molar-refractivity contribution is 6.34. The quantitative estimate of drug-likeness (QED) is 0.103. The lowest BCUT2D eigenvalue weighted by Gasteiger charge is -2.32. The SMILES string of the molecule is COc1cccc(Oc2ccc(-c3nn(C4CCCC(C(=O)O)C4)c4c(OC)cncc34)cc2)c1F.COc1cccc(Oc2ccc(-c3nn(C4CCCN(C(=O)C(N)=O)C4)c4c(OC)cncc34)cc2)c1F. The molecule has 0 spiro atoms. The summed E-state index contributed by atoms with van der Waals surface area (Å²) in [5.41, 5.74) is 9.71. The number of likely N-dealkylation sites (tertiary alicyclic amines) is 1. The highest BCUT2D eigenvalue weighted by Crippen LogP contribution is 2.42. The Bertz CT molecular complexity index is 3350. The first-order chi connectivity index (χ1) is 35.9. The van der Waals surface area contributed by atoms with Gasteiger partial charge < -0.3 is 44.2 Å². The van der Waals surface area contributed by atoms with Crippen molar-refractivity contribution in [1.82, 2.24) is 34.4 Å². The molecule has 3 atom stereocenters. The fourth-order valence-corrected chi connectivity index (χ4v) is 9.54. The molecular formula is C54H52F2N8O10. The number of piperidine rings is 1. The van der Waals surface area contributed by atoms with E-state index >= 15 is 0 Å². The lowest BCUT2D eigenvalue weighted by Crippen LogP contribution is -2.46. The van der Waals surface area contributed by atoms with E-state index in [-0.39, 0.29) is 35.1 Å². The molecule has 0 radical (unpaired) electrons. The van der Waals surface area contributed by atoms with Gasteiger partial charge in [0.25, 0.3) is 0 Å². The van der Waals surface area contributed by atoms with E-state index in [4.69, 9.17) is 44.4 Å². The van der Waals surface area contributed by atoms with Crippen LogP contribution in [0, 0.1) is 17.6 Å². The Balaban J connectivity index is 0.000000182. The number of methoxy groups -OCH3 is 4. The van der Waals surface area contributed by atoms with Gasteiger partial charge in [0.1, 0.15) is 33.9 Å². The van der Waals surface area contributed by atoms with Crippen LogP contribution in [-0.2, 0) is 14.4 Å². The topological polar surface area (TPSA) is 218 Å². The molecule has 0 bridgehead atoms. The average Bonchev–Trinajstić information content (AvgIpc) is 4.03. The molecule has 3 unspecified atom stereocenters. The lowest BCUT2D eigenvalue weighted by atomic mass is 9.86. The molecule has 74 heavy (non-hydrogen) atoms. The van der Waals surface area contributed by atoms with Crippen molar-refractivity contribution in [3.8, 4) is 68.5 Å². The van der Waals surface area contributed by atoms with Gasteiger partial charge >= 0.3 is 17.8 Å². The molecule has 1 saturated heterocycles. The number of primary amides is 1. The number of fused-ring (bicyclic) bond motifs is 2. The number of nitrogens with zero attached hydrogens (tertiary/aromatic N) is 7. The van der Waals surface area contributed by atoms with Crippen molar-refractivity contribution in [3.05, 3.63) is 121 Å². The Morgan fingerprint density at radius 2 is 1.05 bits per heavy atom. The molecule has 18 nitrogen and oxygen atoms in total. The minimum Gasteiger partial charge on any atom is -0.494 e. The number of aliphatic carboxylic acids is 1. The van der Waals surface area contributed by atoms with Crippen molar-refractivity contribution in [1.29, 1.82) is 0 Å². The van der Waals surface area contributed by atoms with Crippen LogP contribution in [-0.4, -0.2) is 98.8 Å². The third kappa shape index (κ3) is 10.1. The Morgan fingerprint density at radius 1 is 0.595 bits per heavy atom. The van der Waals surface area contributed by atoms with Crippen LogP contribution >= 0.6 is 0 Å². The van der Waals surface area contributed by atoms with E-state index in [1.54, 1.807) is 75.4 Å².